The second kappa shape index (κ2) is 7.32. The van der Waals surface area contributed by atoms with Crippen LogP contribution >= 0.6 is 0 Å². The number of hydrogen-bond donors (Lipinski definition) is 0. The molecule has 1 atom stereocenters. The van der Waals surface area contributed by atoms with Gasteiger partial charge in [0.05, 0.1) is 6.61 Å². The summed E-state index contributed by atoms with van der Waals surface area (Å²) in [6.45, 7) is 1.83. The normalized spacial score (nSPS) is 20.9. The third-order valence-electron chi connectivity index (χ3n) is 4.27. The van der Waals surface area contributed by atoms with Gasteiger partial charge in [0.25, 0.3) is 0 Å². The molecule has 1 aromatic carbocycles. The van der Waals surface area contributed by atoms with Crippen molar-refractivity contribution in [2.75, 3.05) is 19.8 Å². The van der Waals surface area contributed by atoms with Crippen molar-refractivity contribution < 1.29 is 18.7 Å². The maximum absolute atomic E-state index is 5.70. The second-order valence-electron chi connectivity index (χ2n) is 6.27. The molecule has 0 bridgehead atoms. The standard InChI is InChI=1S/C18H22N2O4/c1-2-10-22-16(3-1)23-12-11-21-15-8-6-13(7-9-15)17-19-18(24-20-17)14-4-5-14/h6-9,14,16H,1-5,10-12H2/t16-/m1/s1. The fourth-order valence-electron chi connectivity index (χ4n) is 2.73. The summed E-state index contributed by atoms with van der Waals surface area (Å²) >= 11 is 0. The van der Waals surface area contributed by atoms with E-state index in [0.717, 1.165) is 49.5 Å². The lowest BCUT2D eigenvalue weighted by Gasteiger charge is -2.22. The molecule has 2 aliphatic rings. The van der Waals surface area contributed by atoms with Crippen LogP contribution in [0.15, 0.2) is 28.8 Å². The molecule has 2 fully saturated rings. The van der Waals surface area contributed by atoms with E-state index in [1.165, 1.54) is 6.42 Å². The van der Waals surface area contributed by atoms with Crippen LogP contribution in [0.5, 0.6) is 5.75 Å². The summed E-state index contributed by atoms with van der Waals surface area (Å²) in [7, 11) is 0. The van der Waals surface area contributed by atoms with Crippen molar-refractivity contribution in [3.8, 4) is 17.1 Å². The predicted molar refractivity (Wildman–Crippen MR) is 86.7 cm³/mol. The Hall–Kier alpha value is -1.92. The minimum Gasteiger partial charge on any atom is -0.491 e. The van der Waals surface area contributed by atoms with Crippen molar-refractivity contribution in [2.24, 2.45) is 0 Å². The van der Waals surface area contributed by atoms with Crippen molar-refractivity contribution in [3.63, 3.8) is 0 Å². The molecule has 4 rings (SSSR count). The highest BCUT2D eigenvalue weighted by Crippen LogP contribution is 2.39. The Morgan fingerprint density at radius 3 is 2.67 bits per heavy atom. The molecule has 2 aromatic rings. The molecule has 0 amide bonds. The number of hydrogen-bond acceptors (Lipinski definition) is 6. The van der Waals surface area contributed by atoms with E-state index in [-0.39, 0.29) is 6.29 Å². The fourth-order valence-corrected chi connectivity index (χ4v) is 2.73. The second-order valence-corrected chi connectivity index (χ2v) is 6.27. The number of aromatic nitrogens is 2. The minimum absolute atomic E-state index is 0.0661. The summed E-state index contributed by atoms with van der Waals surface area (Å²) in [5, 5.41) is 4.04. The molecule has 1 aliphatic heterocycles. The molecule has 0 N–H and O–H groups in total. The number of benzene rings is 1. The van der Waals surface area contributed by atoms with Gasteiger partial charge in [0.15, 0.2) is 6.29 Å². The van der Waals surface area contributed by atoms with E-state index < -0.39 is 0 Å². The third kappa shape index (κ3) is 3.94. The number of rotatable bonds is 7. The van der Waals surface area contributed by atoms with Gasteiger partial charge >= 0.3 is 0 Å². The molecule has 1 aromatic heterocycles. The summed E-state index contributed by atoms with van der Waals surface area (Å²) in [5.41, 5.74) is 0.935. The smallest absolute Gasteiger partial charge is 0.230 e. The highest BCUT2D eigenvalue weighted by atomic mass is 16.7. The molecule has 1 aliphatic carbocycles. The first-order valence-corrected chi connectivity index (χ1v) is 8.68. The van der Waals surface area contributed by atoms with Gasteiger partial charge in [0.1, 0.15) is 12.4 Å². The summed E-state index contributed by atoms with van der Waals surface area (Å²) < 4.78 is 22.2. The van der Waals surface area contributed by atoms with Gasteiger partial charge in [-0.1, -0.05) is 5.16 Å². The molecule has 2 heterocycles. The molecule has 0 unspecified atom stereocenters. The lowest BCUT2D eigenvalue weighted by molar-refractivity contribution is -0.165. The van der Waals surface area contributed by atoms with Crippen molar-refractivity contribution in [3.05, 3.63) is 30.2 Å². The first kappa shape index (κ1) is 15.6. The van der Waals surface area contributed by atoms with Gasteiger partial charge in [-0.05, 0) is 56.4 Å². The zero-order chi connectivity index (χ0) is 16.2. The summed E-state index contributed by atoms with van der Waals surface area (Å²) in [6.07, 6.45) is 5.52. The minimum atomic E-state index is -0.0661. The average molecular weight is 330 g/mol. The van der Waals surface area contributed by atoms with E-state index in [0.29, 0.717) is 25.0 Å². The summed E-state index contributed by atoms with van der Waals surface area (Å²) in [5.74, 6) is 2.67. The van der Waals surface area contributed by atoms with Crippen LogP contribution in [0.25, 0.3) is 11.4 Å². The Labute approximate surface area is 141 Å². The number of nitrogens with zero attached hydrogens (tertiary/aromatic N) is 2. The Balaban J connectivity index is 1.24. The summed E-state index contributed by atoms with van der Waals surface area (Å²) in [4.78, 5) is 4.45. The Bertz CT molecular complexity index is 645. The van der Waals surface area contributed by atoms with Crippen molar-refractivity contribution in [1.82, 2.24) is 10.1 Å². The Morgan fingerprint density at radius 2 is 1.92 bits per heavy atom. The zero-order valence-electron chi connectivity index (χ0n) is 13.6. The lowest BCUT2D eigenvalue weighted by atomic mass is 10.2. The highest BCUT2D eigenvalue weighted by molar-refractivity contribution is 5.55. The van der Waals surface area contributed by atoms with E-state index in [4.69, 9.17) is 18.7 Å². The molecule has 0 spiro atoms. The quantitative estimate of drug-likeness (QED) is 0.724. The van der Waals surface area contributed by atoms with Gasteiger partial charge in [-0.15, -0.1) is 0 Å². The van der Waals surface area contributed by atoms with Gasteiger partial charge in [0.2, 0.25) is 11.7 Å². The van der Waals surface area contributed by atoms with Crippen molar-refractivity contribution >= 4 is 0 Å². The van der Waals surface area contributed by atoms with Crippen LogP contribution in [0.1, 0.15) is 43.9 Å². The molecule has 0 radical (unpaired) electrons. The van der Waals surface area contributed by atoms with Crippen molar-refractivity contribution in [1.29, 1.82) is 0 Å². The first-order chi connectivity index (χ1) is 11.9. The van der Waals surface area contributed by atoms with Gasteiger partial charge in [-0.2, -0.15) is 4.98 Å². The molecule has 6 nitrogen and oxygen atoms in total. The predicted octanol–water partition coefficient (Wildman–Crippen LogP) is 3.54. The Kier molecular flexibility index (Phi) is 4.76. The lowest BCUT2D eigenvalue weighted by Crippen LogP contribution is -2.24. The van der Waals surface area contributed by atoms with Crippen molar-refractivity contribution in [2.45, 2.75) is 44.3 Å². The van der Waals surface area contributed by atoms with Crippen LogP contribution in [0.3, 0.4) is 0 Å². The third-order valence-corrected chi connectivity index (χ3v) is 4.27. The van der Waals surface area contributed by atoms with Gasteiger partial charge < -0.3 is 18.7 Å². The highest BCUT2D eigenvalue weighted by Gasteiger charge is 2.29. The van der Waals surface area contributed by atoms with Crippen LogP contribution in [0.2, 0.25) is 0 Å². The monoisotopic (exact) mass is 330 g/mol. The van der Waals surface area contributed by atoms with E-state index in [2.05, 4.69) is 10.1 Å². The molecule has 24 heavy (non-hydrogen) atoms. The van der Waals surface area contributed by atoms with Gasteiger partial charge in [-0.25, -0.2) is 0 Å². The molecule has 128 valence electrons. The molecular formula is C18H22N2O4. The fraction of sp³-hybridized carbons (Fsp3) is 0.556. The molecular weight excluding hydrogens is 308 g/mol. The van der Waals surface area contributed by atoms with Crippen LogP contribution in [0, 0.1) is 0 Å². The first-order valence-electron chi connectivity index (χ1n) is 8.68. The van der Waals surface area contributed by atoms with Crippen LogP contribution in [0.4, 0.5) is 0 Å². The van der Waals surface area contributed by atoms with Gasteiger partial charge in [-0.3, -0.25) is 0 Å². The van der Waals surface area contributed by atoms with Crippen LogP contribution in [-0.2, 0) is 9.47 Å². The largest absolute Gasteiger partial charge is 0.491 e. The average Bonchev–Trinajstić information content (AvgIpc) is 3.37. The van der Waals surface area contributed by atoms with Crippen LogP contribution in [-0.4, -0.2) is 36.3 Å². The number of ether oxygens (including phenoxy) is 3. The molecule has 1 saturated heterocycles. The topological polar surface area (TPSA) is 66.6 Å². The molecule has 1 saturated carbocycles. The van der Waals surface area contributed by atoms with Crippen LogP contribution < -0.4 is 4.74 Å². The maximum Gasteiger partial charge on any atom is 0.230 e. The van der Waals surface area contributed by atoms with E-state index >= 15 is 0 Å². The zero-order valence-corrected chi connectivity index (χ0v) is 13.6. The molecule has 6 heteroatoms. The maximum atomic E-state index is 5.70. The van der Waals surface area contributed by atoms with E-state index in [9.17, 15) is 0 Å². The SMILES string of the molecule is c1cc(-c2noc(C3CC3)n2)ccc1OCCO[C@@H]1CCCCO1. The van der Waals surface area contributed by atoms with E-state index in [1.807, 2.05) is 24.3 Å². The summed E-state index contributed by atoms with van der Waals surface area (Å²) in [6, 6.07) is 7.73. The Morgan fingerprint density at radius 1 is 1.04 bits per heavy atom. The van der Waals surface area contributed by atoms with E-state index in [1.54, 1.807) is 0 Å². The van der Waals surface area contributed by atoms with Gasteiger partial charge in [0, 0.05) is 18.1 Å².